The van der Waals surface area contributed by atoms with Gasteiger partial charge in [0.15, 0.2) is 5.84 Å². The van der Waals surface area contributed by atoms with E-state index in [1.165, 1.54) is 29.9 Å². The number of aromatic nitrogens is 4. The minimum Gasteiger partial charge on any atom is -0.496 e. The number of hydrazone groups is 1. The van der Waals surface area contributed by atoms with Crippen LogP contribution in [0.4, 0.5) is 0 Å². The molecule has 1 aliphatic rings. The van der Waals surface area contributed by atoms with E-state index in [2.05, 4.69) is 30.5 Å². The Morgan fingerprint density at radius 2 is 1.95 bits per heavy atom. The minimum atomic E-state index is -0.460. The second-order valence-electron chi connectivity index (χ2n) is 8.39. The highest BCUT2D eigenvalue weighted by molar-refractivity contribution is 7.09. The fourth-order valence-corrected chi connectivity index (χ4v) is 5.12. The van der Waals surface area contributed by atoms with Crippen molar-refractivity contribution in [2.75, 3.05) is 20.2 Å². The number of likely N-dealkylation sites (tertiary alicyclic amines) is 1. The smallest absolute Gasteiger partial charge is 0.290 e. The summed E-state index contributed by atoms with van der Waals surface area (Å²) in [5.74, 6) is 0.245. The molecule has 1 aliphatic heterocycles. The number of fused-ring (bicyclic) bond motifs is 1. The Labute approximate surface area is 216 Å². The quantitative estimate of drug-likeness (QED) is 0.226. The summed E-state index contributed by atoms with van der Waals surface area (Å²) in [6.45, 7) is 1.14. The Kier molecular flexibility index (Phi) is 6.99. The molecule has 0 atom stereocenters. The van der Waals surface area contributed by atoms with E-state index < -0.39 is 5.91 Å². The lowest BCUT2D eigenvalue weighted by atomic mass is 9.97. The third-order valence-corrected chi connectivity index (χ3v) is 7.11. The number of benzene rings is 1. The van der Waals surface area contributed by atoms with Crippen LogP contribution in [0.15, 0.2) is 59.4 Å². The Hall–Kier alpha value is -4.45. The molecular weight excluding hydrogens is 492 g/mol. The molecular formula is C25H24N8O3S. The van der Waals surface area contributed by atoms with Crippen molar-refractivity contribution in [3.63, 3.8) is 0 Å². The molecule has 3 N–H and O–H groups in total. The number of hydrogen-bond donors (Lipinski definition) is 2. The van der Waals surface area contributed by atoms with Gasteiger partial charge in [-0.15, -0.1) is 11.3 Å². The third kappa shape index (κ3) is 5.23. The number of nitrogens with one attached hydrogen (secondary N) is 1. The predicted octanol–water partition coefficient (Wildman–Crippen LogP) is 2.56. The van der Waals surface area contributed by atoms with Crippen molar-refractivity contribution >= 4 is 39.9 Å². The van der Waals surface area contributed by atoms with Crippen LogP contribution in [0.3, 0.4) is 0 Å². The first kappa shape index (κ1) is 24.3. The molecule has 0 radical (unpaired) electrons. The van der Waals surface area contributed by atoms with Gasteiger partial charge >= 0.3 is 0 Å². The van der Waals surface area contributed by atoms with Gasteiger partial charge in [0.05, 0.1) is 23.8 Å². The summed E-state index contributed by atoms with van der Waals surface area (Å²) >= 11 is 1.42. The molecule has 5 rings (SSSR count). The minimum absolute atomic E-state index is 0.0486. The topological polar surface area (TPSA) is 149 Å². The first-order valence-electron chi connectivity index (χ1n) is 11.6. The van der Waals surface area contributed by atoms with Gasteiger partial charge in [0.25, 0.3) is 11.8 Å². The van der Waals surface area contributed by atoms with Gasteiger partial charge in [-0.3, -0.25) is 14.6 Å². The number of ether oxygens (including phenoxy) is 1. The molecule has 11 nitrogen and oxygen atoms in total. The molecule has 4 heterocycles. The highest BCUT2D eigenvalue weighted by Gasteiger charge is 2.28. The number of carbonyl (C=O) groups is 2. The van der Waals surface area contributed by atoms with E-state index in [9.17, 15) is 9.59 Å². The Morgan fingerprint density at radius 1 is 1.14 bits per heavy atom. The standard InChI is InChI=1S/C25H24N8O3S/c1-36-21-12-18(29-17-5-3-2-4-16(17)21)25(35)33-10-6-15(7-11-33)24-30-20(14-37-24)23(34)32-31-22(26)19-13-27-8-9-28-19/h2-5,8-9,12-15H,6-7,10-11H2,1H3,(H2,26,31)(H,32,34). The van der Waals surface area contributed by atoms with Crippen LogP contribution in [0.5, 0.6) is 5.75 Å². The van der Waals surface area contributed by atoms with Crippen molar-refractivity contribution in [2.24, 2.45) is 10.8 Å². The number of nitrogens with zero attached hydrogens (tertiary/aromatic N) is 6. The maximum atomic E-state index is 13.2. The van der Waals surface area contributed by atoms with E-state index in [1.807, 2.05) is 24.3 Å². The SMILES string of the molecule is COc1cc(C(=O)N2CCC(c3nc(C(=O)NN=C(N)c4cnccn4)cs3)CC2)nc2ccccc12. The van der Waals surface area contributed by atoms with Crippen molar-refractivity contribution in [3.8, 4) is 5.75 Å². The molecule has 0 aliphatic carbocycles. The number of hydrogen-bond acceptors (Lipinski definition) is 9. The number of nitrogens with two attached hydrogens (primary N) is 1. The van der Waals surface area contributed by atoms with Gasteiger partial charge in [0.1, 0.15) is 22.8 Å². The van der Waals surface area contributed by atoms with Crippen LogP contribution < -0.4 is 15.9 Å². The average molecular weight is 517 g/mol. The third-order valence-electron chi connectivity index (χ3n) is 6.11. The Morgan fingerprint density at radius 3 is 2.70 bits per heavy atom. The summed E-state index contributed by atoms with van der Waals surface area (Å²) in [4.78, 5) is 44.5. The highest BCUT2D eigenvalue weighted by Crippen LogP contribution is 2.31. The number of piperidine rings is 1. The molecule has 37 heavy (non-hydrogen) atoms. The van der Waals surface area contributed by atoms with Gasteiger partial charge in [-0.25, -0.2) is 20.4 Å². The highest BCUT2D eigenvalue weighted by atomic mass is 32.1. The molecule has 0 spiro atoms. The molecule has 1 saturated heterocycles. The van der Waals surface area contributed by atoms with E-state index >= 15 is 0 Å². The van der Waals surface area contributed by atoms with Gasteiger partial charge in [0.2, 0.25) is 0 Å². The molecule has 0 unspecified atom stereocenters. The summed E-state index contributed by atoms with van der Waals surface area (Å²) in [5.41, 5.74) is 9.95. The summed E-state index contributed by atoms with van der Waals surface area (Å²) in [5, 5.41) is 7.30. The number of methoxy groups -OCH3 is 1. The lowest BCUT2D eigenvalue weighted by molar-refractivity contribution is 0.0707. The zero-order chi connectivity index (χ0) is 25.8. The summed E-state index contributed by atoms with van der Waals surface area (Å²) < 4.78 is 5.48. The second kappa shape index (κ2) is 10.7. The zero-order valence-corrected chi connectivity index (χ0v) is 20.8. The van der Waals surface area contributed by atoms with Gasteiger partial charge in [0, 0.05) is 48.2 Å². The molecule has 188 valence electrons. The van der Waals surface area contributed by atoms with Crippen LogP contribution in [0, 0.1) is 0 Å². The van der Waals surface area contributed by atoms with Crippen LogP contribution in [0.2, 0.25) is 0 Å². The normalized spacial score (nSPS) is 14.5. The molecule has 0 saturated carbocycles. The van der Waals surface area contributed by atoms with Crippen molar-refractivity contribution in [1.29, 1.82) is 0 Å². The first-order valence-corrected chi connectivity index (χ1v) is 12.5. The van der Waals surface area contributed by atoms with E-state index in [4.69, 9.17) is 10.5 Å². The summed E-state index contributed by atoms with van der Waals surface area (Å²) in [7, 11) is 1.59. The van der Waals surface area contributed by atoms with Crippen molar-refractivity contribution < 1.29 is 14.3 Å². The van der Waals surface area contributed by atoms with Gasteiger partial charge < -0.3 is 15.4 Å². The fraction of sp³-hybridized carbons (Fsp3) is 0.240. The van der Waals surface area contributed by atoms with Crippen molar-refractivity contribution in [1.82, 2.24) is 30.3 Å². The monoisotopic (exact) mass is 516 g/mol. The number of amides is 2. The Balaban J connectivity index is 1.20. The maximum absolute atomic E-state index is 13.2. The van der Waals surface area contributed by atoms with E-state index in [0.717, 1.165) is 28.8 Å². The molecule has 2 amide bonds. The van der Waals surface area contributed by atoms with E-state index in [1.54, 1.807) is 23.5 Å². The van der Waals surface area contributed by atoms with Crippen LogP contribution in [-0.2, 0) is 0 Å². The van der Waals surface area contributed by atoms with Gasteiger partial charge in [-0.05, 0) is 25.0 Å². The van der Waals surface area contributed by atoms with Gasteiger partial charge in [-0.1, -0.05) is 12.1 Å². The first-order chi connectivity index (χ1) is 18.0. The van der Waals surface area contributed by atoms with E-state index in [0.29, 0.717) is 30.2 Å². The fourth-order valence-electron chi connectivity index (χ4n) is 4.15. The number of rotatable bonds is 6. The van der Waals surface area contributed by atoms with Crippen LogP contribution in [0.25, 0.3) is 10.9 Å². The molecule has 1 fully saturated rings. The van der Waals surface area contributed by atoms with Crippen LogP contribution in [0.1, 0.15) is 50.4 Å². The lowest BCUT2D eigenvalue weighted by Gasteiger charge is -2.31. The Bertz CT molecular complexity index is 1470. The molecule has 1 aromatic carbocycles. The number of para-hydroxylation sites is 1. The van der Waals surface area contributed by atoms with Crippen molar-refractivity contribution in [3.05, 3.63) is 76.4 Å². The van der Waals surface area contributed by atoms with Crippen LogP contribution in [-0.4, -0.2) is 62.7 Å². The van der Waals surface area contributed by atoms with Gasteiger partial charge in [-0.2, -0.15) is 5.10 Å². The van der Waals surface area contributed by atoms with Crippen molar-refractivity contribution in [2.45, 2.75) is 18.8 Å². The summed E-state index contributed by atoms with van der Waals surface area (Å²) in [6, 6.07) is 9.28. The average Bonchev–Trinajstić information content (AvgIpc) is 3.46. The number of carbonyl (C=O) groups excluding carboxylic acids is 2. The predicted molar refractivity (Wildman–Crippen MR) is 139 cm³/mol. The number of amidine groups is 1. The van der Waals surface area contributed by atoms with E-state index in [-0.39, 0.29) is 23.4 Å². The van der Waals surface area contributed by atoms with Crippen LogP contribution >= 0.6 is 11.3 Å². The molecule has 0 bridgehead atoms. The molecule has 4 aromatic rings. The lowest BCUT2D eigenvalue weighted by Crippen LogP contribution is -2.38. The number of thiazole rings is 1. The number of pyridine rings is 1. The second-order valence-corrected chi connectivity index (χ2v) is 9.28. The zero-order valence-electron chi connectivity index (χ0n) is 20.0. The molecule has 12 heteroatoms. The maximum Gasteiger partial charge on any atom is 0.290 e. The largest absolute Gasteiger partial charge is 0.496 e. The summed E-state index contributed by atoms with van der Waals surface area (Å²) in [6.07, 6.45) is 5.94. The molecule has 3 aromatic heterocycles.